The molecule has 0 saturated carbocycles. The van der Waals surface area contributed by atoms with Gasteiger partial charge in [0.05, 0.1) is 12.9 Å². The summed E-state index contributed by atoms with van der Waals surface area (Å²) in [6.07, 6.45) is 1.56. The first-order valence-electron chi connectivity index (χ1n) is 3.13. The van der Waals surface area contributed by atoms with Crippen LogP contribution in [0.25, 0.3) is 0 Å². The van der Waals surface area contributed by atoms with Crippen molar-refractivity contribution in [2.24, 2.45) is 4.99 Å². The van der Waals surface area contributed by atoms with Crippen LogP contribution in [0.5, 0.6) is 0 Å². The quantitative estimate of drug-likeness (QED) is 0.521. The van der Waals surface area contributed by atoms with E-state index in [-0.39, 0.29) is 12.5 Å². The van der Waals surface area contributed by atoms with Gasteiger partial charge in [0, 0.05) is 13.7 Å². The molecule has 0 radical (unpaired) electrons. The molecule has 1 heterocycles. The first-order chi connectivity index (χ1) is 4.84. The van der Waals surface area contributed by atoms with E-state index < -0.39 is 0 Å². The van der Waals surface area contributed by atoms with Gasteiger partial charge in [-0.1, -0.05) is 0 Å². The molecule has 0 N–H and O–H groups in total. The van der Waals surface area contributed by atoms with Crippen molar-refractivity contribution in [3.63, 3.8) is 0 Å². The SMILES string of the molecule is COCC(=O)N1C=NCC1. The van der Waals surface area contributed by atoms with Crippen LogP contribution in [0, 0.1) is 0 Å². The number of hydrogen-bond acceptors (Lipinski definition) is 3. The highest BCUT2D eigenvalue weighted by molar-refractivity contribution is 5.89. The van der Waals surface area contributed by atoms with Gasteiger partial charge in [-0.15, -0.1) is 0 Å². The van der Waals surface area contributed by atoms with E-state index in [0.717, 1.165) is 6.54 Å². The Hall–Kier alpha value is -0.900. The van der Waals surface area contributed by atoms with E-state index >= 15 is 0 Å². The maximum Gasteiger partial charge on any atom is 0.253 e. The molecule has 0 saturated heterocycles. The molecule has 1 aliphatic heterocycles. The number of nitrogens with zero attached hydrogens (tertiary/aromatic N) is 2. The number of carbonyl (C=O) groups is 1. The first-order valence-corrected chi connectivity index (χ1v) is 3.13. The van der Waals surface area contributed by atoms with Gasteiger partial charge in [0.2, 0.25) is 0 Å². The number of ether oxygens (including phenoxy) is 1. The fraction of sp³-hybridized carbons (Fsp3) is 0.667. The second kappa shape index (κ2) is 3.31. The molecule has 1 aliphatic rings. The summed E-state index contributed by atoms with van der Waals surface area (Å²) in [5.74, 6) is -0.0243. The van der Waals surface area contributed by atoms with Crippen LogP contribution < -0.4 is 0 Å². The number of aliphatic imine (C=N–C) groups is 1. The average Bonchev–Trinajstić information content (AvgIpc) is 2.38. The van der Waals surface area contributed by atoms with E-state index in [1.807, 2.05) is 0 Å². The van der Waals surface area contributed by atoms with Gasteiger partial charge in [-0.05, 0) is 0 Å². The molecule has 0 aromatic heterocycles. The number of carbonyl (C=O) groups excluding carboxylic acids is 1. The predicted octanol–water partition coefficient (Wildman–Crippen LogP) is -0.497. The van der Waals surface area contributed by atoms with Crippen molar-refractivity contribution in [1.29, 1.82) is 0 Å². The summed E-state index contributed by atoms with van der Waals surface area (Å²) in [7, 11) is 1.51. The standard InChI is InChI=1S/C6H10N2O2/c1-10-4-6(9)8-3-2-7-5-8/h5H,2-4H2,1H3. The summed E-state index contributed by atoms with van der Waals surface area (Å²) in [4.78, 5) is 16.4. The van der Waals surface area contributed by atoms with Gasteiger partial charge in [-0.2, -0.15) is 0 Å². The predicted molar refractivity (Wildman–Crippen MR) is 36.9 cm³/mol. The van der Waals surface area contributed by atoms with Crippen LogP contribution in [-0.2, 0) is 9.53 Å². The third-order valence-corrected chi connectivity index (χ3v) is 1.28. The zero-order valence-corrected chi connectivity index (χ0v) is 5.91. The van der Waals surface area contributed by atoms with Crippen molar-refractivity contribution in [2.45, 2.75) is 0 Å². The van der Waals surface area contributed by atoms with Crippen LogP contribution in [0.4, 0.5) is 0 Å². The second-order valence-corrected chi connectivity index (χ2v) is 2.04. The van der Waals surface area contributed by atoms with Gasteiger partial charge in [0.25, 0.3) is 5.91 Å². The molecule has 0 aromatic rings. The van der Waals surface area contributed by atoms with Crippen LogP contribution in [0.15, 0.2) is 4.99 Å². The number of rotatable bonds is 2. The summed E-state index contributed by atoms with van der Waals surface area (Å²) in [5.41, 5.74) is 0. The molecule has 0 unspecified atom stereocenters. The number of methoxy groups -OCH3 is 1. The third kappa shape index (κ3) is 1.54. The summed E-state index contributed by atoms with van der Waals surface area (Å²) in [6.45, 7) is 1.56. The lowest BCUT2D eigenvalue weighted by molar-refractivity contribution is -0.130. The van der Waals surface area contributed by atoms with E-state index in [1.165, 1.54) is 7.11 Å². The van der Waals surface area contributed by atoms with Crippen molar-refractivity contribution in [3.8, 4) is 0 Å². The molecule has 0 aromatic carbocycles. The van der Waals surface area contributed by atoms with Crippen LogP contribution >= 0.6 is 0 Å². The Balaban J connectivity index is 2.33. The Morgan fingerprint density at radius 2 is 2.70 bits per heavy atom. The zero-order valence-electron chi connectivity index (χ0n) is 5.91. The minimum absolute atomic E-state index is 0.0243. The van der Waals surface area contributed by atoms with Gasteiger partial charge in [0.1, 0.15) is 6.61 Å². The molecule has 10 heavy (non-hydrogen) atoms. The number of hydrogen-bond donors (Lipinski definition) is 0. The molecule has 0 aliphatic carbocycles. The monoisotopic (exact) mass is 142 g/mol. The topological polar surface area (TPSA) is 41.9 Å². The Kier molecular flexibility index (Phi) is 2.39. The summed E-state index contributed by atoms with van der Waals surface area (Å²) >= 11 is 0. The van der Waals surface area contributed by atoms with Crippen molar-refractivity contribution >= 4 is 12.2 Å². The lowest BCUT2D eigenvalue weighted by Gasteiger charge is -2.09. The molecule has 1 amide bonds. The summed E-state index contributed by atoms with van der Waals surface area (Å²) in [6, 6.07) is 0. The smallest absolute Gasteiger partial charge is 0.253 e. The second-order valence-electron chi connectivity index (χ2n) is 2.04. The fourth-order valence-electron chi connectivity index (χ4n) is 0.775. The van der Waals surface area contributed by atoms with E-state index in [4.69, 9.17) is 0 Å². The lowest BCUT2D eigenvalue weighted by atomic mass is 10.5. The van der Waals surface area contributed by atoms with Gasteiger partial charge < -0.3 is 4.74 Å². The molecule has 4 heteroatoms. The van der Waals surface area contributed by atoms with E-state index in [0.29, 0.717) is 6.54 Å². The molecule has 0 fully saturated rings. The summed E-state index contributed by atoms with van der Waals surface area (Å²) < 4.78 is 4.66. The fourth-order valence-corrected chi connectivity index (χ4v) is 0.775. The molecular weight excluding hydrogens is 132 g/mol. The molecule has 56 valence electrons. The average molecular weight is 142 g/mol. The summed E-state index contributed by atoms with van der Waals surface area (Å²) in [5, 5.41) is 0. The molecule has 0 bridgehead atoms. The Morgan fingerprint density at radius 1 is 1.90 bits per heavy atom. The lowest BCUT2D eigenvalue weighted by Crippen LogP contribution is -2.30. The highest BCUT2D eigenvalue weighted by Crippen LogP contribution is 1.93. The van der Waals surface area contributed by atoms with Gasteiger partial charge in [0.15, 0.2) is 0 Å². The van der Waals surface area contributed by atoms with Crippen molar-refractivity contribution in [3.05, 3.63) is 0 Å². The van der Waals surface area contributed by atoms with Crippen LogP contribution in [0.1, 0.15) is 0 Å². The molecule has 0 atom stereocenters. The van der Waals surface area contributed by atoms with Crippen LogP contribution in [0.3, 0.4) is 0 Å². The molecule has 1 rings (SSSR count). The molecule has 4 nitrogen and oxygen atoms in total. The van der Waals surface area contributed by atoms with Gasteiger partial charge >= 0.3 is 0 Å². The molecule has 0 spiro atoms. The maximum atomic E-state index is 11.0. The van der Waals surface area contributed by atoms with E-state index in [2.05, 4.69) is 9.73 Å². The Morgan fingerprint density at radius 3 is 3.20 bits per heavy atom. The van der Waals surface area contributed by atoms with Crippen molar-refractivity contribution in [2.75, 3.05) is 26.8 Å². The van der Waals surface area contributed by atoms with E-state index in [9.17, 15) is 4.79 Å². The number of amides is 1. The largest absolute Gasteiger partial charge is 0.375 e. The molecular formula is C6H10N2O2. The first kappa shape index (κ1) is 7.21. The van der Waals surface area contributed by atoms with Gasteiger partial charge in [-0.3, -0.25) is 14.7 Å². The highest BCUT2D eigenvalue weighted by atomic mass is 16.5. The highest BCUT2D eigenvalue weighted by Gasteiger charge is 2.12. The van der Waals surface area contributed by atoms with E-state index in [1.54, 1.807) is 11.2 Å². The Bertz CT molecular complexity index is 156. The maximum absolute atomic E-state index is 11.0. The van der Waals surface area contributed by atoms with Crippen LogP contribution in [-0.4, -0.2) is 44.0 Å². The third-order valence-electron chi connectivity index (χ3n) is 1.28. The Labute approximate surface area is 59.5 Å². The minimum atomic E-state index is -0.0243. The van der Waals surface area contributed by atoms with Crippen LogP contribution in [0.2, 0.25) is 0 Å². The van der Waals surface area contributed by atoms with Crippen molar-refractivity contribution in [1.82, 2.24) is 4.90 Å². The zero-order chi connectivity index (χ0) is 7.40. The van der Waals surface area contributed by atoms with Gasteiger partial charge in [-0.25, -0.2) is 0 Å². The normalized spacial score (nSPS) is 16.3. The minimum Gasteiger partial charge on any atom is -0.375 e. The van der Waals surface area contributed by atoms with Crippen molar-refractivity contribution < 1.29 is 9.53 Å².